The van der Waals surface area contributed by atoms with Crippen LogP contribution in [0.1, 0.15) is 0 Å². The minimum Gasteiger partial charge on any atom is -0.0622 e. The zero-order chi connectivity index (χ0) is 12.2. The molecule has 0 unspecified atom stereocenters. The van der Waals surface area contributed by atoms with E-state index in [0.29, 0.717) is 0 Å². The summed E-state index contributed by atoms with van der Waals surface area (Å²) in [6.07, 6.45) is 0. The zero-order valence-electron chi connectivity index (χ0n) is 10.0. The van der Waals surface area contributed by atoms with Crippen LogP contribution in [0, 0.1) is 6.07 Å². The minimum absolute atomic E-state index is 1.23. The van der Waals surface area contributed by atoms with E-state index in [2.05, 4.69) is 66.7 Å². The van der Waals surface area contributed by atoms with E-state index in [0.717, 1.165) is 0 Å². The summed E-state index contributed by atoms with van der Waals surface area (Å²) < 4.78 is 0. The molecule has 0 atom stereocenters. The molecule has 0 aliphatic heterocycles. The highest BCUT2D eigenvalue weighted by atomic mass is 14.0. The van der Waals surface area contributed by atoms with Gasteiger partial charge >= 0.3 is 0 Å². The van der Waals surface area contributed by atoms with Gasteiger partial charge in [0.05, 0.1) is 0 Å². The Kier molecular flexibility index (Phi) is 2.93. The number of benzene rings is 3. The lowest BCUT2D eigenvalue weighted by atomic mass is 9.99. The van der Waals surface area contributed by atoms with E-state index in [9.17, 15) is 0 Å². The van der Waals surface area contributed by atoms with Gasteiger partial charge in [0.15, 0.2) is 0 Å². The van der Waals surface area contributed by atoms with Crippen molar-refractivity contribution in [1.29, 1.82) is 0 Å². The molecule has 0 fully saturated rings. The largest absolute Gasteiger partial charge is 0.0622 e. The number of hydrogen-bond acceptors (Lipinski definition) is 0. The van der Waals surface area contributed by atoms with Gasteiger partial charge < -0.3 is 0 Å². The highest BCUT2D eigenvalue weighted by Gasteiger charge is 2.00. The fourth-order valence-corrected chi connectivity index (χ4v) is 2.09. The minimum atomic E-state index is 1.23. The summed E-state index contributed by atoms with van der Waals surface area (Å²) in [5.74, 6) is 0. The molecule has 0 saturated heterocycles. The van der Waals surface area contributed by atoms with Crippen molar-refractivity contribution < 1.29 is 0 Å². The Morgan fingerprint density at radius 1 is 0.500 bits per heavy atom. The summed E-state index contributed by atoms with van der Waals surface area (Å²) in [5.41, 5.74) is 4.97. The van der Waals surface area contributed by atoms with Crippen molar-refractivity contribution in [2.45, 2.75) is 0 Å². The second kappa shape index (κ2) is 4.89. The van der Waals surface area contributed by atoms with Crippen LogP contribution in [0.25, 0.3) is 22.3 Å². The van der Waals surface area contributed by atoms with Crippen molar-refractivity contribution in [3.05, 3.63) is 84.9 Å². The highest BCUT2D eigenvalue weighted by molar-refractivity contribution is 5.72. The van der Waals surface area contributed by atoms with Crippen molar-refractivity contribution in [3.8, 4) is 22.3 Å². The van der Waals surface area contributed by atoms with Crippen molar-refractivity contribution in [3.63, 3.8) is 0 Å². The molecule has 0 amide bonds. The molecule has 0 bridgehead atoms. The number of hydrogen-bond donors (Lipinski definition) is 0. The van der Waals surface area contributed by atoms with E-state index < -0.39 is 0 Å². The molecule has 0 aliphatic rings. The summed E-state index contributed by atoms with van der Waals surface area (Å²) in [5, 5.41) is 0. The number of rotatable bonds is 2. The third kappa shape index (κ3) is 2.18. The van der Waals surface area contributed by atoms with Crippen LogP contribution in [0.3, 0.4) is 0 Å². The van der Waals surface area contributed by atoms with Gasteiger partial charge in [-0.05, 0) is 34.4 Å². The normalized spacial score (nSPS) is 10.2. The Hall–Kier alpha value is -2.34. The van der Waals surface area contributed by atoms with E-state index in [1.165, 1.54) is 22.3 Å². The molecule has 0 N–H and O–H groups in total. The van der Waals surface area contributed by atoms with Crippen molar-refractivity contribution >= 4 is 0 Å². The van der Waals surface area contributed by atoms with Gasteiger partial charge in [-0.1, -0.05) is 72.8 Å². The van der Waals surface area contributed by atoms with Crippen LogP contribution in [-0.2, 0) is 0 Å². The summed E-state index contributed by atoms with van der Waals surface area (Å²) in [4.78, 5) is 0. The molecule has 0 saturated carbocycles. The van der Waals surface area contributed by atoms with Gasteiger partial charge in [-0.2, -0.15) is 0 Å². The Labute approximate surface area is 108 Å². The van der Waals surface area contributed by atoms with E-state index >= 15 is 0 Å². The van der Waals surface area contributed by atoms with E-state index in [1.807, 2.05) is 18.2 Å². The second-order valence-electron chi connectivity index (χ2n) is 4.24. The molecular formula is C18H13. The van der Waals surface area contributed by atoms with Gasteiger partial charge in [-0.15, -0.1) is 0 Å². The van der Waals surface area contributed by atoms with Gasteiger partial charge in [0.2, 0.25) is 0 Å². The van der Waals surface area contributed by atoms with Gasteiger partial charge in [0, 0.05) is 0 Å². The smallest absolute Gasteiger partial charge is 0.0178 e. The molecular weight excluding hydrogens is 216 g/mol. The molecule has 0 heteroatoms. The third-order valence-electron chi connectivity index (χ3n) is 3.02. The molecule has 0 heterocycles. The van der Waals surface area contributed by atoms with E-state index in [1.54, 1.807) is 0 Å². The Morgan fingerprint density at radius 3 is 1.72 bits per heavy atom. The maximum Gasteiger partial charge on any atom is -0.0178 e. The van der Waals surface area contributed by atoms with Gasteiger partial charge in [-0.3, -0.25) is 0 Å². The maximum absolute atomic E-state index is 3.05. The molecule has 1 radical (unpaired) electrons. The third-order valence-corrected chi connectivity index (χ3v) is 3.02. The lowest BCUT2D eigenvalue weighted by molar-refractivity contribution is 1.58. The first kappa shape index (κ1) is 10.8. The Morgan fingerprint density at radius 2 is 1.06 bits per heavy atom. The van der Waals surface area contributed by atoms with Crippen LogP contribution in [0.2, 0.25) is 0 Å². The first-order valence-corrected chi connectivity index (χ1v) is 6.05. The average Bonchev–Trinajstić information content (AvgIpc) is 2.49. The predicted octanol–water partition coefficient (Wildman–Crippen LogP) is 4.82. The first-order valence-electron chi connectivity index (χ1n) is 6.05. The second-order valence-corrected chi connectivity index (χ2v) is 4.24. The molecule has 3 aromatic rings. The molecule has 0 spiro atoms. The molecule has 3 rings (SSSR count). The van der Waals surface area contributed by atoms with Crippen LogP contribution < -0.4 is 0 Å². The first-order chi connectivity index (χ1) is 8.93. The van der Waals surface area contributed by atoms with Crippen LogP contribution in [0.4, 0.5) is 0 Å². The van der Waals surface area contributed by atoms with Crippen LogP contribution in [-0.4, -0.2) is 0 Å². The molecule has 3 aromatic carbocycles. The summed E-state index contributed by atoms with van der Waals surface area (Å²) in [6, 6.07) is 30.2. The fourth-order valence-electron chi connectivity index (χ4n) is 2.09. The van der Waals surface area contributed by atoms with Crippen LogP contribution >= 0.6 is 0 Å². The summed E-state index contributed by atoms with van der Waals surface area (Å²) in [7, 11) is 0. The van der Waals surface area contributed by atoms with E-state index in [-0.39, 0.29) is 0 Å². The molecule has 0 aliphatic carbocycles. The predicted molar refractivity (Wildman–Crippen MR) is 76.2 cm³/mol. The Bertz CT molecular complexity index is 570. The zero-order valence-corrected chi connectivity index (χ0v) is 10.0. The fraction of sp³-hybridized carbons (Fsp3) is 0. The lowest BCUT2D eigenvalue weighted by Gasteiger charge is -2.05. The van der Waals surface area contributed by atoms with Crippen LogP contribution in [0.5, 0.6) is 0 Å². The van der Waals surface area contributed by atoms with Crippen molar-refractivity contribution in [2.75, 3.05) is 0 Å². The van der Waals surface area contributed by atoms with E-state index in [4.69, 9.17) is 0 Å². The van der Waals surface area contributed by atoms with Crippen LogP contribution in [0.15, 0.2) is 78.9 Å². The van der Waals surface area contributed by atoms with Gasteiger partial charge in [-0.25, -0.2) is 0 Å². The molecule has 18 heavy (non-hydrogen) atoms. The highest BCUT2D eigenvalue weighted by Crippen LogP contribution is 2.25. The summed E-state index contributed by atoms with van der Waals surface area (Å²) >= 11 is 0. The molecule has 0 aromatic heterocycles. The van der Waals surface area contributed by atoms with Crippen molar-refractivity contribution in [2.24, 2.45) is 0 Å². The summed E-state index contributed by atoms with van der Waals surface area (Å²) in [6.45, 7) is 0. The quantitative estimate of drug-likeness (QED) is 0.591. The van der Waals surface area contributed by atoms with Gasteiger partial charge in [0.1, 0.15) is 0 Å². The van der Waals surface area contributed by atoms with Crippen molar-refractivity contribution in [1.82, 2.24) is 0 Å². The standard InChI is InChI=1S/C18H13/c1-3-8-15(9-4-1)17-12-7-13-18(14-17)16-10-5-2-6-11-16/h1,3-14H. The maximum atomic E-state index is 3.05. The Balaban J connectivity index is 2.05. The lowest BCUT2D eigenvalue weighted by Crippen LogP contribution is -1.80. The van der Waals surface area contributed by atoms with Gasteiger partial charge in [0.25, 0.3) is 0 Å². The molecule has 85 valence electrons. The average molecular weight is 229 g/mol. The topological polar surface area (TPSA) is 0 Å². The monoisotopic (exact) mass is 229 g/mol. The molecule has 0 nitrogen and oxygen atoms in total. The SMILES string of the molecule is [c]1ccc(-c2cccc(-c3ccccc3)c2)cc1.